The van der Waals surface area contributed by atoms with Crippen molar-refractivity contribution in [2.75, 3.05) is 17.7 Å². The van der Waals surface area contributed by atoms with Crippen LogP contribution in [0.4, 0.5) is 15.8 Å². The lowest BCUT2D eigenvalue weighted by atomic mass is 10.0. The van der Waals surface area contributed by atoms with Crippen molar-refractivity contribution in [2.24, 2.45) is 5.41 Å². The predicted molar refractivity (Wildman–Crippen MR) is 137 cm³/mol. The van der Waals surface area contributed by atoms with Gasteiger partial charge in [0.25, 0.3) is 0 Å². The monoisotopic (exact) mass is 515 g/mol. The number of benzene rings is 3. The fourth-order valence-electron chi connectivity index (χ4n) is 4.02. The van der Waals surface area contributed by atoms with Crippen molar-refractivity contribution < 1.29 is 33.4 Å². The fraction of sp³-hybridized carbons (Fsp3) is 0.143. The number of pyridine rings is 1. The Morgan fingerprint density at radius 2 is 1.50 bits per heavy atom. The van der Waals surface area contributed by atoms with Crippen LogP contribution in [0.15, 0.2) is 72.9 Å². The molecule has 9 nitrogen and oxygen atoms in total. The summed E-state index contributed by atoms with van der Waals surface area (Å²) < 4.78 is 24.3. The summed E-state index contributed by atoms with van der Waals surface area (Å²) in [6, 6.07) is 16.6. The molecule has 0 aliphatic heterocycles. The van der Waals surface area contributed by atoms with Crippen molar-refractivity contribution in [2.45, 2.75) is 12.8 Å². The Balaban J connectivity index is 1.28. The number of rotatable bonds is 8. The molecular weight excluding hydrogens is 493 g/mol. The summed E-state index contributed by atoms with van der Waals surface area (Å²) in [5, 5.41) is 15.4. The second kappa shape index (κ2) is 9.81. The highest BCUT2D eigenvalue weighted by Crippen LogP contribution is 2.47. The topological polar surface area (TPSA) is 127 Å². The molecule has 38 heavy (non-hydrogen) atoms. The van der Waals surface area contributed by atoms with E-state index in [2.05, 4.69) is 15.6 Å². The summed E-state index contributed by atoms with van der Waals surface area (Å²) in [5.74, 6) is -1.32. The van der Waals surface area contributed by atoms with Crippen molar-refractivity contribution >= 4 is 40.1 Å². The first-order valence-corrected chi connectivity index (χ1v) is 11.7. The van der Waals surface area contributed by atoms with Gasteiger partial charge < -0.3 is 25.2 Å². The van der Waals surface area contributed by atoms with Gasteiger partial charge in [0.15, 0.2) is 0 Å². The third-order valence-electron chi connectivity index (χ3n) is 6.31. The molecule has 0 radical (unpaired) electrons. The maximum atomic E-state index is 13.1. The number of nitrogens with one attached hydrogen (secondary N) is 2. The van der Waals surface area contributed by atoms with Gasteiger partial charge in [0.1, 0.15) is 34.0 Å². The Morgan fingerprint density at radius 1 is 0.895 bits per heavy atom. The van der Waals surface area contributed by atoms with Crippen LogP contribution in [-0.2, 0) is 9.59 Å². The summed E-state index contributed by atoms with van der Waals surface area (Å²) in [6.45, 7) is 0. The number of aromatic nitrogens is 1. The number of aromatic carboxylic acids is 1. The van der Waals surface area contributed by atoms with Gasteiger partial charge in [0.2, 0.25) is 11.8 Å². The van der Waals surface area contributed by atoms with Crippen LogP contribution in [0.5, 0.6) is 17.2 Å². The van der Waals surface area contributed by atoms with Crippen LogP contribution < -0.4 is 20.1 Å². The molecule has 0 bridgehead atoms. The van der Waals surface area contributed by atoms with Crippen LogP contribution >= 0.6 is 0 Å². The first-order chi connectivity index (χ1) is 18.3. The zero-order chi connectivity index (χ0) is 26.9. The van der Waals surface area contributed by atoms with Gasteiger partial charge in [-0.1, -0.05) is 0 Å². The minimum Gasteiger partial charge on any atom is -0.496 e. The summed E-state index contributed by atoms with van der Waals surface area (Å²) in [5.41, 5.74) is 0.142. The number of hydrogen-bond donors (Lipinski definition) is 3. The Labute approximate surface area is 216 Å². The average molecular weight is 515 g/mol. The molecule has 10 heteroatoms. The highest BCUT2D eigenvalue weighted by Gasteiger charge is 2.56. The van der Waals surface area contributed by atoms with Crippen molar-refractivity contribution in [1.29, 1.82) is 0 Å². The van der Waals surface area contributed by atoms with Gasteiger partial charge in [-0.3, -0.25) is 14.6 Å². The van der Waals surface area contributed by atoms with Crippen LogP contribution in [-0.4, -0.2) is 35.0 Å². The molecule has 0 saturated heterocycles. The van der Waals surface area contributed by atoms with E-state index in [1.165, 1.54) is 43.6 Å². The van der Waals surface area contributed by atoms with Crippen LogP contribution in [0.2, 0.25) is 0 Å². The van der Waals surface area contributed by atoms with Gasteiger partial charge in [-0.15, -0.1) is 0 Å². The zero-order valence-electron chi connectivity index (χ0n) is 20.2. The number of carboxylic acid groups (broad SMARTS) is 1. The molecule has 192 valence electrons. The number of amides is 2. The maximum Gasteiger partial charge on any atom is 0.339 e. The molecule has 5 rings (SSSR count). The molecule has 3 aromatic carbocycles. The summed E-state index contributed by atoms with van der Waals surface area (Å²) >= 11 is 0. The van der Waals surface area contributed by atoms with Crippen molar-refractivity contribution in [1.82, 2.24) is 4.98 Å². The lowest BCUT2D eigenvalue weighted by Crippen LogP contribution is -2.35. The van der Waals surface area contributed by atoms with Crippen LogP contribution in [0.3, 0.4) is 0 Å². The normalized spacial score (nSPS) is 13.4. The van der Waals surface area contributed by atoms with Crippen LogP contribution in [0.25, 0.3) is 10.9 Å². The standard InChI is InChI=1S/C28H22FN3O6/c1-37-24-15-20-22(14-21(24)25(33)34)30-13-10-23(20)38-19-8-6-18(7-9-19)32-27(36)28(11-12-28)26(35)31-17-4-2-16(29)3-5-17/h2-10,13-15H,11-12H2,1H3,(H,31,35)(H,32,36)(H,33,34). The number of carbonyl (C=O) groups is 3. The number of halogens is 1. The van der Waals surface area contributed by atoms with Crippen molar-refractivity contribution in [3.05, 3.63) is 84.3 Å². The van der Waals surface area contributed by atoms with E-state index in [9.17, 15) is 23.9 Å². The van der Waals surface area contributed by atoms with Crippen LogP contribution in [0, 0.1) is 11.2 Å². The number of anilines is 2. The first-order valence-electron chi connectivity index (χ1n) is 11.7. The molecular formula is C28H22FN3O6. The molecule has 2 amide bonds. The van der Waals surface area contributed by atoms with Gasteiger partial charge in [-0.05, 0) is 79.6 Å². The third kappa shape index (κ3) is 4.83. The van der Waals surface area contributed by atoms with E-state index >= 15 is 0 Å². The summed E-state index contributed by atoms with van der Waals surface area (Å²) in [6.07, 6.45) is 2.33. The lowest BCUT2D eigenvalue weighted by molar-refractivity contribution is -0.131. The number of carboxylic acids is 1. The number of nitrogens with zero attached hydrogens (tertiary/aromatic N) is 1. The number of carbonyl (C=O) groups excluding carboxylic acids is 2. The SMILES string of the molecule is COc1cc2c(Oc3ccc(NC(=O)C4(C(=O)Nc5ccc(F)cc5)CC4)cc3)ccnc2cc1C(=O)O. The second-order valence-electron chi connectivity index (χ2n) is 8.81. The van der Waals surface area contributed by atoms with Gasteiger partial charge in [0.05, 0.1) is 12.6 Å². The summed E-state index contributed by atoms with van der Waals surface area (Å²) in [4.78, 5) is 41.4. The van der Waals surface area contributed by atoms with E-state index in [4.69, 9.17) is 9.47 Å². The van der Waals surface area contributed by atoms with E-state index in [0.717, 1.165) is 0 Å². The number of methoxy groups -OCH3 is 1. The third-order valence-corrected chi connectivity index (χ3v) is 6.31. The first kappa shape index (κ1) is 24.7. The van der Waals surface area contributed by atoms with Gasteiger partial charge >= 0.3 is 5.97 Å². The second-order valence-corrected chi connectivity index (χ2v) is 8.81. The highest BCUT2D eigenvalue weighted by atomic mass is 19.1. The molecule has 1 saturated carbocycles. The minimum atomic E-state index is -1.17. The molecule has 1 heterocycles. The van der Waals surface area contributed by atoms with Crippen molar-refractivity contribution in [3.63, 3.8) is 0 Å². The van der Waals surface area contributed by atoms with E-state index in [1.54, 1.807) is 36.4 Å². The highest BCUT2D eigenvalue weighted by molar-refractivity contribution is 6.16. The fourth-order valence-corrected chi connectivity index (χ4v) is 4.02. The number of hydrogen-bond acceptors (Lipinski definition) is 6. The van der Waals surface area contributed by atoms with E-state index in [0.29, 0.717) is 46.6 Å². The largest absolute Gasteiger partial charge is 0.496 e. The summed E-state index contributed by atoms with van der Waals surface area (Å²) in [7, 11) is 1.38. The molecule has 1 fully saturated rings. The Hall–Kier alpha value is -4.99. The molecule has 0 atom stereocenters. The Bertz CT molecular complexity index is 1550. The maximum absolute atomic E-state index is 13.1. The molecule has 1 aliphatic carbocycles. The molecule has 1 aromatic heterocycles. The van der Waals surface area contributed by atoms with Crippen LogP contribution in [0.1, 0.15) is 23.2 Å². The van der Waals surface area contributed by atoms with E-state index in [-0.39, 0.29) is 11.3 Å². The molecule has 4 aromatic rings. The van der Waals surface area contributed by atoms with Crippen molar-refractivity contribution in [3.8, 4) is 17.2 Å². The van der Waals surface area contributed by atoms with E-state index < -0.39 is 29.0 Å². The minimum absolute atomic E-state index is 0.00970. The predicted octanol–water partition coefficient (Wildman–Crippen LogP) is 5.23. The number of ether oxygens (including phenoxy) is 2. The van der Waals surface area contributed by atoms with Gasteiger partial charge in [-0.25, -0.2) is 9.18 Å². The smallest absolute Gasteiger partial charge is 0.339 e. The molecule has 0 unspecified atom stereocenters. The zero-order valence-corrected chi connectivity index (χ0v) is 20.2. The molecule has 1 aliphatic rings. The lowest BCUT2D eigenvalue weighted by Gasteiger charge is -2.16. The van der Waals surface area contributed by atoms with Gasteiger partial charge in [0, 0.05) is 23.0 Å². The molecule has 3 N–H and O–H groups in total. The van der Waals surface area contributed by atoms with Gasteiger partial charge in [-0.2, -0.15) is 0 Å². The molecule has 0 spiro atoms. The Kier molecular flexibility index (Phi) is 6.38. The Morgan fingerprint density at radius 3 is 2.05 bits per heavy atom. The number of fused-ring (bicyclic) bond motifs is 1. The average Bonchev–Trinajstić information content (AvgIpc) is 3.73. The van der Waals surface area contributed by atoms with E-state index in [1.807, 2.05) is 0 Å². The quantitative estimate of drug-likeness (QED) is 0.274.